The Morgan fingerprint density at radius 3 is 2.81 bits per heavy atom. The van der Waals surface area contributed by atoms with Crippen LogP contribution in [0.1, 0.15) is 49.5 Å². The lowest BCUT2D eigenvalue weighted by Crippen LogP contribution is -2.15. The van der Waals surface area contributed by atoms with E-state index in [0.717, 1.165) is 21.9 Å². The monoisotopic (exact) mass is 385 g/mol. The number of hydrogen-bond donors (Lipinski definition) is 0. The van der Waals surface area contributed by atoms with Crippen molar-refractivity contribution >= 4 is 22.7 Å². The summed E-state index contributed by atoms with van der Waals surface area (Å²) in [6.45, 7) is 2.02. The van der Waals surface area contributed by atoms with Gasteiger partial charge in [-0.3, -0.25) is 0 Å². The van der Waals surface area contributed by atoms with Crippen LogP contribution in [-0.2, 0) is 5.75 Å². The highest BCUT2D eigenvalue weighted by molar-refractivity contribution is 7.98. The van der Waals surface area contributed by atoms with Crippen molar-refractivity contribution < 1.29 is 9.15 Å². The van der Waals surface area contributed by atoms with E-state index in [-0.39, 0.29) is 5.63 Å². The van der Waals surface area contributed by atoms with E-state index >= 15 is 0 Å². The van der Waals surface area contributed by atoms with Crippen LogP contribution in [0, 0.1) is 6.92 Å². The summed E-state index contributed by atoms with van der Waals surface area (Å²) in [4.78, 5) is 12.0. The summed E-state index contributed by atoms with van der Waals surface area (Å²) in [5, 5.41) is 10.5. The van der Waals surface area contributed by atoms with Gasteiger partial charge in [-0.25, -0.2) is 4.79 Å². The van der Waals surface area contributed by atoms with Crippen molar-refractivity contribution in [3.05, 3.63) is 46.1 Å². The SMILES string of the molecule is COc1ccc2c(CSc3nnc(C)n3C3CCCCC3)cc(=O)oc2c1. The van der Waals surface area contributed by atoms with E-state index in [2.05, 4.69) is 14.8 Å². The summed E-state index contributed by atoms with van der Waals surface area (Å²) in [6.07, 6.45) is 6.21. The molecule has 0 saturated heterocycles. The maximum absolute atomic E-state index is 12.0. The average Bonchev–Trinajstić information content (AvgIpc) is 3.06. The van der Waals surface area contributed by atoms with Crippen LogP contribution >= 0.6 is 11.8 Å². The molecule has 0 unspecified atom stereocenters. The first kappa shape index (κ1) is 18.1. The van der Waals surface area contributed by atoms with Gasteiger partial charge in [0.2, 0.25) is 0 Å². The smallest absolute Gasteiger partial charge is 0.336 e. The van der Waals surface area contributed by atoms with E-state index in [4.69, 9.17) is 9.15 Å². The molecule has 2 aromatic heterocycles. The second-order valence-corrected chi connectivity index (χ2v) is 7.88. The molecule has 1 fully saturated rings. The number of aromatic nitrogens is 3. The van der Waals surface area contributed by atoms with Crippen LogP contribution in [0.5, 0.6) is 5.75 Å². The van der Waals surface area contributed by atoms with Crippen LogP contribution in [0.15, 0.2) is 38.6 Å². The van der Waals surface area contributed by atoms with Crippen LogP contribution in [-0.4, -0.2) is 21.9 Å². The van der Waals surface area contributed by atoms with Crippen LogP contribution in [0.2, 0.25) is 0 Å². The minimum Gasteiger partial charge on any atom is -0.497 e. The van der Waals surface area contributed by atoms with Crippen molar-refractivity contribution in [1.82, 2.24) is 14.8 Å². The molecule has 1 saturated carbocycles. The third kappa shape index (κ3) is 3.74. The van der Waals surface area contributed by atoms with Crippen molar-refractivity contribution in [3.63, 3.8) is 0 Å². The first-order chi connectivity index (χ1) is 13.2. The number of thioether (sulfide) groups is 1. The molecular formula is C20H23N3O3S. The molecule has 0 aliphatic heterocycles. The molecule has 4 rings (SSSR count). The van der Waals surface area contributed by atoms with Gasteiger partial charge in [0.25, 0.3) is 0 Å². The summed E-state index contributed by atoms with van der Waals surface area (Å²) < 4.78 is 12.8. The normalized spacial score (nSPS) is 15.3. The molecule has 0 atom stereocenters. The molecule has 0 amide bonds. The molecule has 0 spiro atoms. The molecule has 1 aliphatic carbocycles. The van der Waals surface area contributed by atoms with E-state index in [1.54, 1.807) is 31.0 Å². The third-order valence-electron chi connectivity index (χ3n) is 5.17. The standard InChI is InChI=1S/C20H23N3O3S/c1-13-21-22-20(23(13)15-6-4-3-5-7-15)27-12-14-10-19(24)26-18-11-16(25-2)8-9-17(14)18/h8-11,15H,3-7,12H2,1-2H3. The first-order valence-electron chi connectivity index (χ1n) is 9.31. The van der Waals surface area contributed by atoms with Gasteiger partial charge < -0.3 is 13.7 Å². The summed E-state index contributed by atoms with van der Waals surface area (Å²) in [7, 11) is 1.60. The zero-order chi connectivity index (χ0) is 18.8. The molecule has 1 aromatic carbocycles. The highest BCUT2D eigenvalue weighted by Crippen LogP contribution is 2.34. The summed E-state index contributed by atoms with van der Waals surface area (Å²) in [5.74, 6) is 2.27. The molecular weight excluding hydrogens is 362 g/mol. The van der Waals surface area contributed by atoms with Crippen molar-refractivity contribution in [2.24, 2.45) is 0 Å². The Kier molecular flexibility index (Phi) is 5.20. The van der Waals surface area contributed by atoms with Crippen molar-refractivity contribution in [2.75, 3.05) is 7.11 Å². The number of ether oxygens (including phenoxy) is 1. The predicted molar refractivity (Wildman–Crippen MR) is 105 cm³/mol. The zero-order valence-electron chi connectivity index (χ0n) is 15.6. The van der Waals surface area contributed by atoms with Crippen LogP contribution in [0.25, 0.3) is 11.0 Å². The molecule has 0 bridgehead atoms. The maximum Gasteiger partial charge on any atom is 0.336 e. The highest BCUT2D eigenvalue weighted by Gasteiger charge is 2.21. The van der Waals surface area contributed by atoms with E-state index in [1.165, 1.54) is 32.1 Å². The molecule has 7 heteroatoms. The highest BCUT2D eigenvalue weighted by atomic mass is 32.2. The summed E-state index contributed by atoms with van der Waals surface area (Å²) >= 11 is 1.63. The van der Waals surface area contributed by atoms with Gasteiger partial charge in [-0.15, -0.1) is 10.2 Å². The number of hydrogen-bond acceptors (Lipinski definition) is 6. The molecule has 6 nitrogen and oxygen atoms in total. The largest absolute Gasteiger partial charge is 0.497 e. The zero-order valence-corrected chi connectivity index (χ0v) is 16.4. The molecule has 27 heavy (non-hydrogen) atoms. The Balaban J connectivity index is 1.62. The van der Waals surface area contributed by atoms with Gasteiger partial charge in [0.05, 0.1) is 7.11 Å². The number of benzene rings is 1. The fourth-order valence-electron chi connectivity index (χ4n) is 3.81. The number of aryl methyl sites for hydroxylation is 1. The Bertz CT molecular complexity index is 1010. The van der Waals surface area contributed by atoms with E-state index < -0.39 is 0 Å². The van der Waals surface area contributed by atoms with Gasteiger partial charge in [-0.1, -0.05) is 31.0 Å². The Labute approximate surface area is 161 Å². The third-order valence-corrected chi connectivity index (χ3v) is 6.16. The fraction of sp³-hybridized carbons (Fsp3) is 0.450. The lowest BCUT2D eigenvalue weighted by atomic mass is 9.95. The second-order valence-electron chi connectivity index (χ2n) is 6.93. The Morgan fingerprint density at radius 2 is 2.04 bits per heavy atom. The second kappa shape index (κ2) is 7.76. The lowest BCUT2D eigenvalue weighted by molar-refractivity contribution is 0.332. The van der Waals surface area contributed by atoms with Crippen LogP contribution in [0.3, 0.4) is 0 Å². The van der Waals surface area contributed by atoms with Gasteiger partial charge in [0.1, 0.15) is 17.2 Å². The minimum absolute atomic E-state index is 0.351. The molecule has 142 valence electrons. The number of fused-ring (bicyclic) bond motifs is 1. The lowest BCUT2D eigenvalue weighted by Gasteiger charge is -2.25. The van der Waals surface area contributed by atoms with Crippen molar-refractivity contribution in [2.45, 2.75) is 56.0 Å². The van der Waals surface area contributed by atoms with Crippen LogP contribution in [0.4, 0.5) is 0 Å². The molecule has 0 N–H and O–H groups in total. The van der Waals surface area contributed by atoms with E-state index in [0.29, 0.717) is 23.1 Å². The van der Waals surface area contributed by atoms with Gasteiger partial charge >= 0.3 is 5.63 Å². The topological polar surface area (TPSA) is 70.2 Å². The summed E-state index contributed by atoms with van der Waals surface area (Å²) in [5.41, 5.74) is 1.13. The maximum atomic E-state index is 12.0. The predicted octanol–water partition coefficient (Wildman–Crippen LogP) is 4.50. The fourth-order valence-corrected chi connectivity index (χ4v) is 4.85. The van der Waals surface area contributed by atoms with Gasteiger partial charge in [-0.2, -0.15) is 0 Å². The number of methoxy groups -OCH3 is 1. The molecule has 0 radical (unpaired) electrons. The molecule has 2 heterocycles. The van der Waals surface area contributed by atoms with Gasteiger partial charge in [0, 0.05) is 29.3 Å². The number of nitrogens with zero attached hydrogens (tertiary/aromatic N) is 3. The first-order valence-corrected chi connectivity index (χ1v) is 10.3. The number of rotatable bonds is 5. The average molecular weight is 385 g/mol. The van der Waals surface area contributed by atoms with Gasteiger partial charge in [0.15, 0.2) is 5.16 Å². The molecule has 3 aromatic rings. The van der Waals surface area contributed by atoms with Gasteiger partial charge in [-0.05, 0) is 37.5 Å². The van der Waals surface area contributed by atoms with E-state index in [1.807, 2.05) is 19.1 Å². The Morgan fingerprint density at radius 1 is 1.22 bits per heavy atom. The van der Waals surface area contributed by atoms with Crippen molar-refractivity contribution in [3.8, 4) is 5.75 Å². The molecule has 1 aliphatic rings. The van der Waals surface area contributed by atoms with E-state index in [9.17, 15) is 4.79 Å². The minimum atomic E-state index is -0.351. The Hall–Kier alpha value is -2.28. The van der Waals surface area contributed by atoms with Crippen molar-refractivity contribution in [1.29, 1.82) is 0 Å². The summed E-state index contributed by atoms with van der Waals surface area (Å²) in [6, 6.07) is 7.61. The van der Waals surface area contributed by atoms with Crippen LogP contribution < -0.4 is 10.4 Å². The quantitative estimate of drug-likeness (QED) is 0.476.